The molecule has 2 aliphatic rings. The molecule has 4 aromatic carbocycles. The van der Waals surface area contributed by atoms with Crippen molar-refractivity contribution in [1.29, 1.82) is 0 Å². The molecule has 0 radical (unpaired) electrons. The Kier molecular flexibility index (Phi) is 6.17. The maximum absolute atomic E-state index is 4.05. The highest BCUT2D eigenvalue weighted by Crippen LogP contribution is 2.43. The van der Waals surface area contributed by atoms with Crippen LogP contribution in [0.4, 0.5) is 0 Å². The van der Waals surface area contributed by atoms with E-state index in [0.717, 1.165) is 21.8 Å². The molecule has 0 aromatic heterocycles. The summed E-state index contributed by atoms with van der Waals surface area (Å²) in [6.07, 6.45) is 2.00. The molecular weight excluding hydrogens is 548 g/mol. The first kappa shape index (κ1) is 22.2. The lowest BCUT2D eigenvalue weighted by molar-refractivity contribution is 0.288. The van der Waals surface area contributed by atoms with Crippen molar-refractivity contribution in [3.05, 3.63) is 139 Å². The minimum Gasteiger partial charge on any atom is -0.301 e. The zero-order valence-corrected chi connectivity index (χ0v) is 21.9. The monoisotopic (exact) mass is 572 g/mol. The van der Waals surface area contributed by atoms with E-state index >= 15 is 0 Å². The molecule has 4 aromatic rings. The summed E-state index contributed by atoms with van der Waals surface area (Å²) in [6.45, 7) is 0. The molecule has 0 fully saturated rings. The quantitative estimate of drug-likeness (QED) is 0.261. The lowest BCUT2D eigenvalue weighted by Gasteiger charge is -2.43. The minimum absolute atomic E-state index is 0.179. The Bertz CT molecular complexity index is 1200. The smallest absolute Gasteiger partial charge is 0.0526 e. The normalized spacial score (nSPS) is 23.7. The summed E-state index contributed by atoms with van der Waals surface area (Å²) in [5.41, 5.74) is 8.33. The molecule has 34 heavy (non-hydrogen) atoms. The van der Waals surface area contributed by atoms with Crippen LogP contribution in [0.5, 0.6) is 0 Å². The zero-order chi connectivity index (χ0) is 23.1. The Labute approximate surface area is 218 Å². The molecule has 4 heteroatoms. The largest absolute Gasteiger partial charge is 0.301 e. The lowest BCUT2D eigenvalue weighted by atomic mass is 9.78. The van der Waals surface area contributed by atoms with Gasteiger partial charge in [0.25, 0.3) is 0 Å². The van der Waals surface area contributed by atoms with E-state index in [-0.39, 0.29) is 24.2 Å². The SMILES string of the molecule is Brc1ccc([C@H]2Cc3ccccc3[C@H]([C@@H]3N[C@@H](c4ccc(Br)cc4)Cc4ccccc43)N2)cc1. The van der Waals surface area contributed by atoms with E-state index in [1.807, 2.05) is 0 Å². The number of hydrogen-bond donors (Lipinski definition) is 2. The van der Waals surface area contributed by atoms with E-state index < -0.39 is 0 Å². The predicted octanol–water partition coefficient (Wildman–Crippen LogP) is 7.77. The molecule has 0 spiro atoms. The average molecular weight is 574 g/mol. The van der Waals surface area contributed by atoms with Gasteiger partial charge in [0.05, 0.1) is 12.1 Å². The van der Waals surface area contributed by atoms with Gasteiger partial charge in [-0.1, -0.05) is 105 Å². The molecule has 2 nitrogen and oxygen atoms in total. The summed E-state index contributed by atoms with van der Waals surface area (Å²) >= 11 is 7.18. The number of rotatable bonds is 3. The standard InChI is InChI=1S/C30H26Br2N2/c31-23-13-9-19(10-14-23)27-17-21-5-1-3-7-25(21)29(33-27)30-26-8-4-2-6-22(26)18-28(34-30)20-11-15-24(32)16-12-20/h1-16,27-30,33-34H,17-18H2/t27-,28-,29-,30-/m1/s1. The van der Waals surface area contributed by atoms with Gasteiger partial charge in [0.1, 0.15) is 0 Å². The van der Waals surface area contributed by atoms with Crippen molar-refractivity contribution in [2.75, 3.05) is 0 Å². The third-order valence-corrected chi connectivity index (χ3v) is 8.33. The lowest BCUT2D eigenvalue weighted by Crippen LogP contribution is -2.44. The summed E-state index contributed by atoms with van der Waals surface area (Å²) in [4.78, 5) is 0. The highest BCUT2D eigenvalue weighted by molar-refractivity contribution is 9.10. The van der Waals surface area contributed by atoms with Crippen LogP contribution in [0.3, 0.4) is 0 Å². The number of halogens is 2. The second-order valence-corrected chi connectivity index (χ2v) is 11.1. The molecule has 4 atom stereocenters. The van der Waals surface area contributed by atoms with Crippen LogP contribution in [0.2, 0.25) is 0 Å². The Balaban J connectivity index is 1.41. The fourth-order valence-electron chi connectivity index (χ4n) is 5.59. The van der Waals surface area contributed by atoms with E-state index in [1.54, 1.807) is 0 Å². The summed E-state index contributed by atoms with van der Waals surface area (Å²) in [5, 5.41) is 8.10. The van der Waals surface area contributed by atoms with Crippen molar-refractivity contribution in [2.45, 2.75) is 37.0 Å². The van der Waals surface area contributed by atoms with Crippen molar-refractivity contribution in [1.82, 2.24) is 10.6 Å². The molecule has 2 N–H and O–H groups in total. The van der Waals surface area contributed by atoms with Gasteiger partial charge in [0, 0.05) is 21.0 Å². The Hall–Kier alpha value is -2.24. The van der Waals surface area contributed by atoms with Crippen molar-refractivity contribution in [3.63, 3.8) is 0 Å². The first-order valence-corrected chi connectivity index (χ1v) is 13.4. The highest BCUT2D eigenvalue weighted by atomic mass is 79.9. The third kappa shape index (κ3) is 4.29. The van der Waals surface area contributed by atoms with E-state index in [4.69, 9.17) is 0 Å². The van der Waals surface area contributed by atoms with Crippen molar-refractivity contribution in [2.24, 2.45) is 0 Å². The van der Waals surface area contributed by atoms with E-state index in [0.29, 0.717) is 0 Å². The van der Waals surface area contributed by atoms with Gasteiger partial charge in [0.15, 0.2) is 0 Å². The predicted molar refractivity (Wildman–Crippen MR) is 146 cm³/mol. The second-order valence-electron chi connectivity index (χ2n) is 9.30. The average Bonchev–Trinajstić information content (AvgIpc) is 2.88. The molecule has 0 saturated heterocycles. The van der Waals surface area contributed by atoms with E-state index in [1.165, 1.54) is 33.4 Å². The van der Waals surface area contributed by atoms with E-state index in [2.05, 4.69) is 140 Å². The molecule has 0 aliphatic carbocycles. The fraction of sp³-hybridized carbons (Fsp3) is 0.200. The van der Waals surface area contributed by atoms with Crippen LogP contribution in [-0.2, 0) is 12.8 Å². The molecule has 0 unspecified atom stereocenters. The molecule has 2 aliphatic heterocycles. The van der Waals surface area contributed by atoms with Crippen molar-refractivity contribution < 1.29 is 0 Å². The van der Waals surface area contributed by atoms with Crippen LogP contribution in [0.15, 0.2) is 106 Å². The van der Waals surface area contributed by atoms with Crippen LogP contribution >= 0.6 is 31.9 Å². The van der Waals surface area contributed by atoms with Crippen LogP contribution in [0.25, 0.3) is 0 Å². The molecule has 0 amide bonds. The summed E-state index contributed by atoms with van der Waals surface area (Å²) in [7, 11) is 0. The minimum atomic E-state index is 0.179. The Morgan fingerprint density at radius 2 is 0.882 bits per heavy atom. The highest BCUT2D eigenvalue weighted by Gasteiger charge is 2.37. The van der Waals surface area contributed by atoms with Crippen LogP contribution in [0.1, 0.15) is 57.5 Å². The van der Waals surface area contributed by atoms with Gasteiger partial charge >= 0.3 is 0 Å². The van der Waals surface area contributed by atoms with Crippen LogP contribution in [0, 0.1) is 0 Å². The zero-order valence-electron chi connectivity index (χ0n) is 18.7. The van der Waals surface area contributed by atoms with Crippen molar-refractivity contribution in [3.8, 4) is 0 Å². The molecule has 0 saturated carbocycles. The number of benzene rings is 4. The van der Waals surface area contributed by atoms with Gasteiger partial charge in [-0.05, 0) is 70.5 Å². The van der Waals surface area contributed by atoms with Gasteiger partial charge < -0.3 is 10.6 Å². The van der Waals surface area contributed by atoms with Gasteiger partial charge in [-0.2, -0.15) is 0 Å². The third-order valence-electron chi connectivity index (χ3n) is 7.27. The maximum Gasteiger partial charge on any atom is 0.0526 e. The molecule has 2 heterocycles. The number of fused-ring (bicyclic) bond motifs is 2. The number of hydrogen-bond acceptors (Lipinski definition) is 2. The molecular formula is C30H26Br2N2. The van der Waals surface area contributed by atoms with Gasteiger partial charge in [-0.3, -0.25) is 0 Å². The second kappa shape index (κ2) is 9.43. The topological polar surface area (TPSA) is 24.1 Å². The maximum atomic E-state index is 4.05. The van der Waals surface area contributed by atoms with Gasteiger partial charge in [0.2, 0.25) is 0 Å². The number of nitrogens with one attached hydrogen (secondary N) is 2. The summed E-state index contributed by atoms with van der Waals surface area (Å²) in [5.74, 6) is 0. The summed E-state index contributed by atoms with van der Waals surface area (Å²) in [6, 6.07) is 36.3. The fourth-order valence-corrected chi connectivity index (χ4v) is 6.12. The van der Waals surface area contributed by atoms with E-state index in [9.17, 15) is 0 Å². The van der Waals surface area contributed by atoms with Crippen LogP contribution in [-0.4, -0.2) is 0 Å². The molecule has 6 rings (SSSR count). The van der Waals surface area contributed by atoms with Crippen molar-refractivity contribution >= 4 is 31.9 Å². The Morgan fingerprint density at radius 3 is 1.29 bits per heavy atom. The van der Waals surface area contributed by atoms with Crippen LogP contribution < -0.4 is 10.6 Å². The molecule has 170 valence electrons. The van der Waals surface area contributed by atoms with Gasteiger partial charge in [-0.15, -0.1) is 0 Å². The first-order chi connectivity index (χ1) is 16.7. The molecule has 0 bridgehead atoms. The first-order valence-electron chi connectivity index (χ1n) is 11.8. The van der Waals surface area contributed by atoms with Gasteiger partial charge in [-0.25, -0.2) is 0 Å². The Morgan fingerprint density at radius 1 is 0.500 bits per heavy atom. The summed E-state index contributed by atoms with van der Waals surface area (Å²) < 4.78 is 2.23.